The second kappa shape index (κ2) is 9.08. The van der Waals surface area contributed by atoms with E-state index in [9.17, 15) is 9.59 Å². The molecule has 25 heavy (non-hydrogen) atoms. The first-order valence-electron chi connectivity index (χ1n) is 8.04. The number of carbonyl (C=O) groups excluding carboxylic acids is 2. The van der Waals surface area contributed by atoms with Crippen LogP contribution in [0.3, 0.4) is 0 Å². The number of nitrogens with one attached hydrogen (secondary N) is 2. The lowest BCUT2D eigenvalue weighted by atomic mass is 10.2. The van der Waals surface area contributed by atoms with Crippen molar-refractivity contribution in [2.24, 2.45) is 0 Å². The minimum absolute atomic E-state index is 0.102. The number of anilines is 1. The van der Waals surface area contributed by atoms with Gasteiger partial charge in [-0.15, -0.1) is 0 Å². The Morgan fingerprint density at radius 1 is 1.04 bits per heavy atom. The molecule has 0 aliphatic carbocycles. The van der Waals surface area contributed by atoms with E-state index >= 15 is 0 Å². The largest absolute Gasteiger partial charge is 0.491 e. The molecule has 5 nitrogen and oxygen atoms in total. The van der Waals surface area contributed by atoms with Gasteiger partial charge in [0.15, 0.2) is 0 Å². The quantitative estimate of drug-likeness (QED) is 0.787. The number of amides is 2. The highest BCUT2D eigenvalue weighted by Gasteiger charge is 2.07. The summed E-state index contributed by atoms with van der Waals surface area (Å²) in [6, 6.07) is 13.7. The van der Waals surface area contributed by atoms with E-state index in [1.165, 1.54) is 0 Å². The Morgan fingerprint density at radius 2 is 1.68 bits per heavy atom. The minimum Gasteiger partial charge on any atom is -0.491 e. The van der Waals surface area contributed by atoms with Gasteiger partial charge in [0.25, 0.3) is 5.91 Å². The van der Waals surface area contributed by atoms with Gasteiger partial charge in [0, 0.05) is 29.2 Å². The molecule has 0 atom stereocenters. The highest BCUT2D eigenvalue weighted by Crippen LogP contribution is 2.17. The van der Waals surface area contributed by atoms with Crippen LogP contribution in [-0.2, 0) is 4.79 Å². The number of carbonyl (C=O) groups is 2. The van der Waals surface area contributed by atoms with Crippen molar-refractivity contribution in [2.45, 2.75) is 26.4 Å². The number of hydrogen-bond donors (Lipinski definition) is 2. The molecule has 0 spiro atoms. The maximum absolute atomic E-state index is 11.9. The minimum atomic E-state index is -0.236. The zero-order chi connectivity index (χ0) is 18.2. The van der Waals surface area contributed by atoms with Crippen LogP contribution in [0.2, 0.25) is 5.02 Å². The molecule has 0 unspecified atom stereocenters. The molecule has 2 amide bonds. The maximum Gasteiger partial charge on any atom is 0.251 e. The first kappa shape index (κ1) is 18.8. The summed E-state index contributed by atoms with van der Waals surface area (Å²) < 4.78 is 5.55. The fourth-order valence-electron chi connectivity index (χ4n) is 2.11. The summed E-state index contributed by atoms with van der Waals surface area (Å²) >= 11 is 5.78. The molecule has 2 aromatic carbocycles. The van der Waals surface area contributed by atoms with Crippen molar-refractivity contribution in [1.29, 1.82) is 0 Å². The first-order chi connectivity index (χ1) is 11.9. The van der Waals surface area contributed by atoms with Gasteiger partial charge >= 0.3 is 0 Å². The molecule has 0 fully saturated rings. The highest BCUT2D eigenvalue weighted by atomic mass is 35.5. The molecular formula is C19H21ClN2O3. The molecular weight excluding hydrogens is 340 g/mol. The summed E-state index contributed by atoms with van der Waals surface area (Å²) in [5, 5.41) is 6.05. The summed E-state index contributed by atoms with van der Waals surface area (Å²) in [5.41, 5.74) is 1.19. The van der Waals surface area contributed by atoms with Crippen molar-refractivity contribution in [1.82, 2.24) is 5.32 Å². The molecule has 0 saturated heterocycles. The second-order valence-electron chi connectivity index (χ2n) is 5.75. The van der Waals surface area contributed by atoms with Gasteiger partial charge in [-0.2, -0.15) is 0 Å². The van der Waals surface area contributed by atoms with Crippen molar-refractivity contribution in [2.75, 3.05) is 11.9 Å². The summed E-state index contributed by atoms with van der Waals surface area (Å²) in [7, 11) is 0. The topological polar surface area (TPSA) is 67.4 Å². The number of benzene rings is 2. The Bertz CT molecular complexity index is 712. The number of halogens is 1. The SMILES string of the molecule is CC(C)Oc1ccc(NC(=O)CCNC(=O)c2ccc(Cl)cc2)cc1. The van der Waals surface area contributed by atoms with Gasteiger partial charge < -0.3 is 15.4 Å². The molecule has 6 heteroatoms. The van der Waals surface area contributed by atoms with Gasteiger partial charge in [-0.1, -0.05) is 11.6 Å². The van der Waals surface area contributed by atoms with Crippen LogP contribution in [0.15, 0.2) is 48.5 Å². The van der Waals surface area contributed by atoms with E-state index in [1.54, 1.807) is 48.5 Å². The standard InChI is InChI=1S/C19H21ClN2O3/c1-13(2)25-17-9-7-16(8-10-17)22-18(23)11-12-21-19(24)14-3-5-15(20)6-4-14/h3-10,13H,11-12H2,1-2H3,(H,21,24)(H,22,23). The van der Waals surface area contributed by atoms with Crippen LogP contribution < -0.4 is 15.4 Å². The third kappa shape index (κ3) is 6.47. The van der Waals surface area contributed by atoms with Gasteiger partial charge in [0.1, 0.15) is 5.75 Å². The van der Waals surface area contributed by atoms with Crippen LogP contribution in [0.1, 0.15) is 30.6 Å². The van der Waals surface area contributed by atoms with Crippen LogP contribution >= 0.6 is 11.6 Å². The fourth-order valence-corrected chi connectivity index (χ4v) is 2.23. The lowest BCUT2D eigenvalue weighted by molar-refractivity contribution is -0.116. The van der Waals surface area contributed by atoms with Crippen LogP contribution in [0.4, 0.5) is 5.69 Å². The van der Waals surface area contributed by atoms with Gasteiger partial charge in [-0.3, -0.25) is 9.59 Å². The van der Waals surface area contributed by atoms with Crippen LogP contribution in [0, 0.1) is 0 Å². The lowest BCUT2D eigenvalue weighted by Gasteiger charge is -2.11. The molecule has 0 radical (unpaired) electrons. The van der Waals surface area contributed by atoms with Crippen LogP contribution in [0.25, 0.3) is 0 Å². The zero-order valence-corrected chi connectivity index (χ0v) is 15.0. The number of ether oxygens (including phenoxy) is 1. The maximum atomic E-state index is 11.9. The molecule has 0 aliphatic heterocycles. The Balaban J connectivity index is 1.75. The summed E-state index contributed by atoms with van der Waals surface area (Å²) in [6.45, 7) is 4.16. The molecule has 0 aliphatic rings. The third-order valence-electron chi connectivity index (χ3n) is 3.25. The van der Waals surface area contributed by atoms with E-state index in [0.29, 0.717) is 16.3 Å². The van der Waals surface area contributed by atoms with E-state index < -0.39 is 0 Å². The average molecular weight is 361 g/mol. The van der Waals surface area contributed by atoms with E-state index in [4.69, 9.17) is 16.3 Å². The van der Waals surface area contributed by atoms with Crippen molar-refractivity contribution < 1.29 is 14.3 Å². The Labute approximate surface area is 152 Å². The molecule has 0 aromatic heterocycles. The van der Waals surface area contributed by atoms with Crippen LogP contribution in [0.5, 0.6) is 5.75 Å². The third-order valence-corrected chi connectivity index (χ3v) is 3.51. The molecule has 2 rings (SSSR count). The molecule has 0 heterocycles. The predicted molar refractivity (Wildman–Crippen MR) is 99.2 cm³/mol. The number of hydrogen-bond acceptors (Lipinski definition) is 3. The average Bonchev–Trinajstić information content (AvgIpc) is 2.56. The molecule has 2 aromatic rings. The molecule has 0 saturated carbocycles. The Morgan fingerprint density at radius 3 is 2.28 bits per heavy atom. The first-order valence-corrected chi connectivity index (χ1v) is 8.42. The van der Waals surface area contributed by atoms with Crippen LogP contribution in [-0.4, -0.2) is 24.5 Å². The van der Waals surface area contributed by atoms with E-state index in [-0.39, 0.29) is 30.9 Å². The van der Waals surface area contributed by atoms with E-state index in [2.05, 4.69) is 10.6 Å². The summed E-state index contributed by atoms with van der Waals surface area (Å²) in [4.78, 5) is 23.8. The Hall–Kier alpha value is -2.53. The monoisotopic (exact) mass is 360 g/mol. The van der Waals surface area contributed by atoms with E-state index in [1.807, 2.05) is 13.8 Å². The van der Waals surface area contributed by atoms with Crippen molar-refractivity contribution in [3.8, 4) is 5.75 Å². The highest BCUT2D eigenvalue weighted by molar-refractivity contribution is 6.30. The van der Waals surface area contributed by atoms with Gasteiger partial charge in [-0.05, 0) is 62.4 Å². The van der Waals surface area contributed by atoms with Gasteiger partial charge in [0.05, 0.1) is 6.10 Å². The molecule has 0 bridgehead atoms. The van der Waals surface area contributed by atoms with Crippen molar-refractivity contribution in [3.63, 3.8) is 0 Å². The zero-order valence-electron chi connectivity index (χ0n) is 14.2. The predicted octanol–water partition coefficient (Wildman–Crippen LogP) is 3.89. The van der Waals surface area contributed by atoms with Crippen molar-refractivity contribution >= 4 is 29.1 Å². The normalized spacial score (nSPS) is 10.4. The molecule has 132 valence electrons. The lowest BCUT2D eigenvalue weighted by Crippen LogP contribution is -2.27. The smallest absolute Gasteiger partial charge is 0.251 e. The fraction of sp³-hybridized carbons (Fsp3) is 0.263. The molecule has 2 N–H and O–H groups in total. The van der Waals surface area contributed by atoms with Gasteiger partial charge in [-0.25, -0.2) is 0 Å². The summed E-state index contributed by atoms with van der Waals surface area (Å²) in [6.07, 6.45) is 0.286. The Kier molecular flexibility index (Phi) is 6.83. The van der Waals surface area contributed by atoms with Crippen molar-refractivity contribution in [3.05, 3.63) is 59.1 Å². The van der Waals surface area contributed by atoms with E-state index in [0.717, 1.165) is 5.75 Å². The number of rotatable bonds is 7. The summed E-state index contributed by atoms with van der Waals surface area (Å²) in [5.74, 6) is 0.344. The second-order valence-corrected chi connectivity index (χ2v) is 6.19. The van der Waals surface area contributed by atoms with Gasteiger partial charge in [0.2, 0.25) is 5.91 Å².